The summed E-state index contributed by atoms with van der Waals surface area (Å²) in [5, 5.41) is 3.65. The molecule has 4 nitrogen and oxygen atoms in total. The number of aromatic nitrogens is 3. The van der Waals surface area contributed by atoms with Crippen LogP contribution in [0.15, 0.2) is 23.1 Å². The first-order chi connectivity index (χ1) is 6.68. The standard InChI is InChI=1S/C10H13N3O/c1-7(2)6-13-10(14)8-4-3-5-11-9(8)12-13/h3-5,7H,6H2,1-2H3,(H,11,12). The van der Waals surface area contributed by atoms with Gasteiger partial charge >= 0.3 is 0 Å². The topological polar surface area (TPSA) is 50.7 Å². The zero-order valence-corrected chi connectivity index (χ0v) is 8.32. The summed E-state index contributed by atoms with van der Waals surface area (Å²) in [5.41, 5.74) is 0.681. The molecule has 0 fully saturated rings. The second kappa shape index (κ2) is 3.29. The maximum absolute atomic E-state index is 11.8. The Bertz CT molecular complexity index is 495. The minimum atomic E-state index is 0.0156. The van der Waals surface area contributed by atoms with Gasteiger partial charge in [-0.25, -0.2) is 4.98 Å². The summed E-state index contributed by atoms with van der Waals surface area (Å²) in [7, 11) is 0. The Morgan fingerprint density at radius 2 is 2.36 bits per heavy atom. The molecule has 74 valence electrons. The van der Waals surface area contributed by atoms with Crippen molar-refractivity contribution in [2.75, 3.05) is 0 Å². The van der Waals surface area contributed by atoms with Gasteiger partial charge < -0.3 is 0 Å². The molecule has 2 heterocycles. The Morgan fingerprint density at radius 1 is 1.57 bits per heavy atom. The van der Waals surface area contributed by atoms with Gasteiger partial charge in [0.2, 0.25) is 0 Å². The van der Waals surface area contributed by atoms with Crippen LogP contribution in [0.4, 0.5) is 0 Å². The Hall–Kier alpha value is -1.58. The second-order valence-electron chi connectivity index (χ2n) is 3.82. The first-order valence-electron chi connectivity index (χ1n) is 4.72. The Morgan fingerprint density at radius 3 is 3.00 bits per heavy atom. The van der Waals surface area contributed by atoms with Crippen LogP contribution < -0.4 is 5.56 Å². The van der Waals surface area contributed by atoms with E-state index < -0.39 is 0 Å². The van der Waals surface area contributed by atoms with E-state index in [1.807, 2.05) is 0 Å². The highest BCUT2D eigenvalue weighted by molar-refractivity contribution is 5.73. The van der Waals surface area contributed by atoms with Gasteiger partial charge in [-0.05, 0) is 18.1 Å². The molecule has 2 rings (SSSR count). The summed E-state index contributed by atoms with van der Waals surface area (Å²) in [6.45, 7) is 4.85. The largest absolute Gasteiger partial charge is 0.278 e. The molecule has 0 aliphatic rings. The quantitative estimate of drug-likeness (QED) is 0.779. The van der Waals surface area contributed by atoms with E-state index in [2.05, 4.69) is 23.9 Å². The molecule has 0 unspecified atom stereocenters. The smallest absolute Gasteiger partial charge is 0.276 e. The highest BCUT2D eigenvalue weighted by Crippen LogP contribution is 2.03. The lowest BCUT2D eigenvalue weighted by atomic mass is 10.2. The molecular formula is C10H13N3O. The number of aromatic amines is 1. The van der Waals surface area contributed by atoms with Crippen LogP contribution in [0.2, 0.25) is 0 Å². The molecule has 14 heavy (non-hydrogen) atoms. The number of rotatable bonds is 2. The van der Waals surface area contributed by atoms with E-state index in [1.165, 1.54) is 0 Å². The lowest BCUT2D eigenvalue weighted by Crippen LogP contribution is -2.19. The van der Waals surface area contributed by atoms with E-state index >= 15 is 0 Å². The number of hydrogen-bond donors (Lipinski definition) is 1. The first kappa shape index (κ1) is 8.99. The minimum absolute atomic E-state index is 0.0156. The van der Waals surface area contributed by atoms with Gasteiger partial charge in [-0.15, -0.1) is 0 Å². The highest BCUT2D eigenvalue weighted by Gasteiger charge is 2.07. The van der Waals surface area contributed by atoms with Gasteiger partial charge in [0, 0.05) is 12.7 Å². The van der Waals surface area contributed by atoms with Crippen LogP contribution >= 0.6 is 0 Å². The van der Waals surface area contributed by atoms with Gasteiger partial charge in [-0.1, -0.05) is 13.8 Å². The number of pyridine rings is 1. The van der Waals surface area contributed by atoms with Crippen LogP contribution in [0.5, 0.6) is 0 Å². The fourth-order valence-corrected chi connectivity index (χ4v) is 1.48. The molecule has 0 aliphatic heterocycles. The predicted octanol–water partition coefficient (Wildman–Crippen LogP) is 1.38. The molecule has 0 radical (unpaired) electrons. The third-order valence-electron chi connectivity index (χ3n) is 2.07. The molecule has 0 aromatic carbocycles. The fraction of sp³-hybridized carbons (Fsp3) is 0.400. The second-order valence-corrected chi connectivity index (χ2v) is 3.82. The van der Waals surface area contributed by atoms with Gasteiger partial charge in [0.1, 0.15) is 0 Å². The van der Waals surface area contributed by atoms with Crippen LogP contribution in [-0.4, -0.2) is 14.8 Å². The molecule has 0 saturated heterocycles. The van der Waals surface area contributed by atoms with Crippen LogP contribution in [0.1, 0.15) is 13.8 Å². The maximum atomic E-state index is 11.8. The molecule has 2 aromatic heterocycles. The summed E-state index contributed by atoms with van der Waals surface area (Å²) in [6.07, 6.45) is 1.68. The van der Waals surface area contributed by atoms with Gasteiger partial charge in [0.05, 0.1) is 5.39 Å². The lowest BCUT2D eigenvalue weighted by molar-refractivity contribution is 0.475. The summed E-state index contributed by atoms with van der Waals surface area (Å²) in [6, 6.07) is 3.56. The molecule has 0 aliphatic carbocycles. The molecule has 0 spiro atoms. The molecular weight excluding hydrogens is 178 g/mol. The van der Waals surface area contributed by atoms with E-state index in [1.54, 1.807) is 23.0 Å². The van der Waals surface area contributed by atoms with Crippen molar-refractivity contribution in [1.29, 1.82) is 0 Å². The average Bonchev–Trinajstić information content (AvgIpc) is 2.44. The molecule has 0 saturated carbocycles. The van der Waals surface area contributed by atoms with Crippen molar-refractivity contribution in [1.82, 2.24) is 14.8 Å². The number of nitrogens with zero attached hydrogens (tertiary/aromatic N) is 2. The van der Waals surface area contributed by atoms with Gasteiger partial charge in [0.15, 0.2) is 5.65 Å². The van der Waals surface area contributed by atoms with Crippen molar-refractivity contribution in [2.45, 2.75) is 20.4 Å². The van der Waals surface area contributed by atoms with E-state index in [4.69, 9.17) is 0 Å². The highest BCUT2D eigenvalue weighted by atomic mass is 16.1. The van der Waals surface area contributed by atoms with Crippen molar-refractivity contribution < 1.29 is 0 Å². The lowest BCUT2D eigenvalue weighted by Gasteiger charge is -2.03. The third-order valence-corrected chi connectivity index (χ3v) is 2.07. The van der Waals surface area contributed by atoms with E-state index in [0.29, 0.717) is 23.5 Å². The summed E-state index contributed by atoms with van der Waals surface area (Å²) < 4.78 is 1.61. The van der Waals surface area contributed by atoms with Crippen molar-refractivity contribution in [2.24, 2.45) is 5.92 Å². The zero-order chi connectivity index (χ0) is 10.1. The normalized spacial score (nSPS) is 11.4. The van der Waals surface area contributed by atoms with E-state index in [-0.39, 0.29) is 5.56 Å². The first-order valence-corrected chi connectivity index (χ1v) is 4.72. The van der Waals surface area contributed by atoms with E-state index in [9.17, 15) is 4.79 Å². The van der Waals surface area contributed by atoms with Crippen molar-refractivity contribution in [3.8, 4) is 0 Å². The minimum Gasteiger partial charge on any atom is -0.278 e. The molecule has 4 heteroatoms. The predicted molar refractivity (Wildman–Crippen MR) is 55.2 cm³/mol. The van der Waals surface area contributed by atoms with Crippen LogP contribution in [-0.2, 0) is 6.54 Å². The van der Waals surface area contributed by atoms with Gasteiger partial charge in [0.25, 0.3) is 5.56 Å². The zero-order valence-electron chi connectivity index (χ0n) is 8.32. The van der Waals surface area contributed by atoms with Crippen molar-refractivity contribution in [3.63, 3.8) is 0 Å². The number of hydrogen-bond acceptors (Lipinski definition) is 2. The van der Waals surface area contributed by atoms with Crippen LogP contribution in [0, 0.1) is 5.92 Å². The summed E-state index contributed by atoms with van der Waals surface area (Å²) in [4.78, 5) is 15.8. The monoisotopic (exact) mass is 191 g/mol. The van der Waals surface area contributed by atoms with Gasteiger partial charge in [-0.3, -0.25) is 14.6 Å². The Labute approximate surface area is 81.6 Å². The summed E-state index contributed by atoms with van der Waals surface area (Å²) >= 11 is 0. The molecule has 1 N–H and O–H groups in total. The van der Waals surface area contributed by atoms with Crippen molar-refractivity contribution in [3.05, 3.63) is 28.7 Å². The summed E-state index contributed by atoms with van der Waals surface area (Å²) in [5.74, 6) is 0.445. The molecule has 0 atom stereocenters. The fourth-order valence-electron chi connectivity index (χ4n) is 1.48. The maximum Gasteiger partial charge on any atom is 0.276 e. The number of fused-ring (bicyclic) bond motifs is 1. The SMILES string of the molecule is CC(C)Cn1[nH]c2ncccc2c1=O. The molecule has 2 aromatic rings. The van der Waals surface area contributed by atoms with Crippen LogP contribution in [0.25, 0.3) is 11.0 Å². The van der Waals surface area contributed by atoms with Crippen LogP contribution in [0.3, 0.4) is 0 Å². The Kier molecular flexibility index (Phi) is 2.11. The van der Waals surface area contributed by atoms with Gasteiger partial charge in [-0.2, -0.15) is 0 Å². The Balaban J connectivity index is 2.57. The molecule has 0 amide bonds. The molecule has 0 bridgehead atoms. The average molecular weight is 191 g/mol. The van der Waals surface area contributed by atoms with E-state index in [0.717, 1.165) is 0 Å². The number of H-pyrrole nitrogens is 1. The number of nitrogens with one attached hydrogen (secondary N) is 1. The third kappa shape index (κ3) is 1.43. The van der Waals surface area contributed by atoms with Crippen molar-refractivity contribution >= 4 is 11.0 Å².